The summed E-state index contributed by atoms with van der Waals surface area (Å²) in [6.07, 6.45) is -7.31. The summed E-state index contributed by atoms with van der Waals surface area (Å²) in [5.74, 6) is -6.96. The van der Waals surface area contributed by atoms with Crippen molar-refractivity contribution in [3.8, 4) is 0 Å². The van der Waals surface area contributed by atoms with Crippen LogP contribution in [0.3, 0.4) is 0 Å². The Morgan fingerprint density at radius 3 is 2.14 bits per heavy atom. The summed E-state index contributed by atoms with van der Waals surface area (Å²) in [6, 6.07) is 12.3. The molecule has 0 saturated carbocycles. The molecule has 1 amide bonds. The van der Waals surface area contributed by atoms with Gasteiger partial charge in [-0.05, 0) is 29.8 Å². The Hall–Kier alpha value is -2.52. The molecule has 10 heteroatoms. The van der Waals surface area contributed by atoms with E-state index in [0.717, 1.165) is 12.1 Å². The second-order valence-electron chi connectivity index (χ2n) is 6.10. The number of benzene rings is 2. The van der Waals surface area contributed by atoms with Crippen molar-refractivity contribution in [1.82, 2.24) is 5.01 Å². The molecule has 148 valence electrons. The number of carbonyl (C=O) groups is 1. The molecule has 0 saturated heterocycles. The van der Waals surface area contributed by atoms with E-state index >= 15 is 0 Å². The maximum atomic E-state index is 14.2. The third-order valence-electron chi connectivity index (χ3n) is 4.23. The van der Waals surface area contributed by atoms with E-state index in [-0.39, 0.29) is 26.9 Å². The zero-order valence-corrected chi connectivity index (χ0v) is 14.7. The first-order valence-corrected chi connectivity index (χ1v) is 8.25. The number of hydrazone groups is 1. The van der Waals surface area contributed by atoms with Gasteiger partial charge in [-0.3, -0.25) is 4.79 Å². The Labute approximate surface area is 160 Å². The van der Waals surface area contributed by atoms with Gasteiger partial charge >= 0.3 is 12.1 Å². The number of nitrogens with zero attached hydrogens (tertiary/aromatic N) is 2. The molecule has 1 atom stereocenters. The normalized spacial score (nSPS) is 20.2. The third-order valence-corrected chi connectivity index (χ3v) is 4.49. The Morgan fingerprint density at radius 1 is 1.04 bits per heavy atom. The third kappa shape index (κ3) is 3.24. The lowest BCUT2D eigenvalue weighted by molar-refractivity contribution is -0.362. The molecule has 0 spiro atoms. The van der Waals surface area contributed by atoms with Crippen molar-refractivity contribution in [3.05, 3.63) is 70.7 Å². The van der Waals surface area contributed by atoms with Gasteiger partial charge in [0.25, 0.3) is 5.91 Å². The molecule has 0 aliphatic carbocycles. The van der Waals surface area contributed by atoms with Gasteiger partial charge in [-0.1, -0.05) is 41.9 Å². The van der Waals surface area contributed by atoms with Crippen LogP contribution in [0.15, 0.2) is 59.7 Å². The van der Waals surface area contributed by atoms with Crippen molar-refractivity contribution >= 4 is 23.2 Å². The van der Waals surface area contributed by atoms with E-state index in [4.69, 9.17) is 11.6 Å². The maximum absolute atomic E-state index is 14.2. The molecule has 1 aliphatic rings. The first kappa shape index (κ1) is 20.2. The van der Waals surface area contributed by atoms with Crippen molar-refractivity contribution in [2.75, 3.05) is 0 Å². The smallest absolute Gasteiger partial charge is 0.364 e. The van der Waals surface area contributed by atoms with Crippen LogP contribution in [0, 0.1) is 0 Å². The van der Waals surface area contributed by atoms with Crippen molar-refractivity contribution < 1.29 is 31.9 Å². The summed E-state index contributed by atoms with van der Waals surface area (Å²) in [7, 11) is 0. The Bertz CT molecular complexity index is 916. The summed E-state index contributed by atoms with van der Waals surface area (Å²) in [5.41, 5.74) is -4.27. The molecule has 1 heterocycles. The number of hydrogen-bond acceptors (Lipinski definition) is 3. The standard InChI is InChI=1S/C18H12ClF5N2O2/c19-13-8-6-12(7-9-13)15(27)26-16(28,17(20,21)18(22,23)24)10-14(25-26)11-4-2-1-3-5-11/h1-9,28H,10H2/t16-/m1/s1. The van der Waals surface area contributed by atoms with E-state index in [1.165, 1.54) is 36.4 Å². The molecular formula is C18H12ClF5N2O2. The van der Waals surface area contributed by atoms with E-state index in [9.17, 15) is 31.9 Å². The number of carbonyl (C=O) groups excluding carboxylic acids is 1. The van der Waals surface area contributed by atoms with Gasteiger partial charge in [0.2, 0.25) is 5.72 Å². The summed E-state index contributed by atoms with van der Waals surface area (Å²) in [5, 5.41) is 14.1. The number of alkyl halides is 5. The van der Waals surface area contributed by atoms with Crippen LogP contribution < -0.4 is 0 Å². The van der Waals surface area contributed by atoms with E-state index in [1.54, 1.807) is 6.07 Å². The molecule has 28 heavy (non-hydrogen) atoms. The molecule has 0 fully saturated rings. The minimum absolute atomic E-state index is 0.199. The SMILES string of the molecule is O=C(c1ccc(Cl)cc1)N1N=C(c2ccccc2)C[C@@]1(O)C(F)(F)C(F)(F)F. The fourth-order valence-electron chi connectivity index (χ4n) is 2.74. The van der Waals surface area contributed by atoms with E-state index < -0.39 is 30.2 Å². The predicted molar refractivity (Wildman–Crippen MR) is 91.2 cm³/mol. The highest BCUT2D eigenvalue weighted by Crippen LogP contribution is 2.49. The Morgan fingerprint density at radius 2 is 1.61 bits per heavy atom. The largest absolute Gasteiger partial charge is 0.458 e. The number of amides is 1. The van der Waals surface area contributed by atoms with Gasteiger partial charge < -0.3 is 5.11 Å². The highest BCUT2D eigenvalue weighted by Gasteiger charge is 2.75. The molecule has 0 aromatic heterocycles. The van der Waals surface area contributed by atoms with Gasteiger partial charge in [0, 0.05) is 17.0 Å². The Kier molecular flexibility index (Phi) is 4.93. The van der Waals surface area contributed by atoms with E-state index in [1.807, 2.05) is 0 Å². The average Bonchev–Trinajstić information content (AvgIpc) is 3.01. The van der Waals surface area contributed by atoms with Crippen molar-refractivity contribution in [1.29, 1.82) is 0 Å². The topological polar surface area (TPSA) is 52.9 Å². The summed E-state index contributed by atoms with van der Waals surface area (Å²) < 4.78 is 67.6. The van der Waals surface area contributed by atoms with Crippen molar-refractivity contribution in [2.45, 2.75) is 24.2 Å². The van der Waals surface area contributed by atoms with Gasteiger partial charge in [0.1, 0.15) is 0 Å². The fraction of sp³-hybridized carbons (Fsp3) is 0.222. The molecule has 1 aliphatic heterocycles. The van der Waals surface area contributed by atoms with Gasteiger partial charge in [0.05, 0.1) is 5.71 Å². The molecule has 0 radical (unpaired) electrons. The Balaban J connectivity index is 2.10. The van der Waals surface area contributed by atoms with Gasteiger partial charge in [-0.2, -0.15) is 32.1 Å². The minimum Gasteiger partial charge on any atom is -0.364 e. The molecule has 3 rings (SSSR count). The van der Waals surface area contributed by atoms with Crippen LogP contribution in [-0.4, -0.2) is 39.6 Å². The van der Waals surface area contributed by atoms with Crippen LogP contribution in [0.25, 0.3) is 0 Å². The van der Waals surface area contributed by atoms with Crippen LogP contribution in [0.5, 0.6) is 0 Å². The highest BCUT2D eigenvalue weighted by molar-refractivity contribution is 6.30. The maximum Gasteiger partial charge on any atom is 0.458 e. The van der Waals surface area contributed by atoms with Crippen LogP contribution >= 0.6 is 11.6 Å². The fourth-order valence-corrected chi connectivity index (χ4v) is 2.86. The summed E-state index contributed by atoms with van der Waals surface area (Å²) >= 11 is 5.70. The minimum atomic E-state index is -6.11. The first-order valence-electron chi connectivity index (χ1n) is 7.87. The summed E-state index contributed by atoms with van der Waals surface area (Å²) in [6.45, 7) is 0. The average molecular weight is 419 g/mol. The lowest BCUT2D eigenvalue weighted by Crippen LogP contribution is -2.64. The van der Waals surface area contributed by atoms with Crippen LogP contribution in [0.1, 0.15) is 22.3 Å². The van der Waals surface area contributed by atoms with Gasteiger partial charge in [0.15, 0.2) is 0 Å². The predicted octanol–water partition coefficient (Wildman–Crippen LogP) is 4.48. The van der Waals surface area contributed by atoms with Crippen molar-refractivity contribution in [2.24, 2.45) is 5.10 Å². The van der Waals surface area contributed by atoms with Crippen LogP contribution in [0.4, 0.5) is 22.0 Å². The molecule has 0 unspecified atom stereocenters. The molecule has 2 aromatic carbocycles. The number of hydrogen-bond donors (Lipinski definition) is 1. The lowest BCUT2D eigenvalue weighted by atomic mass is 9.95. The zero-order chi connectivity index (χ0) is 20.7. The molecule has 2 aromatic rings. The molecule has 4 nitrogen and oxygen atoms in total. The van der Waals surface area contributed by atoms with Gasteiger partial charge in [-0.25, -0.2) is 0 Å². The highest BCUT2D eigenvalue weighted by atomic mass is 35.5. The quantitative estimate of drug-likeness (QED) is 0.747. The summed E-state index contributed by atoms with van der Waals surface area (Å²) in [4.78, 5) is 12.6. The second kappa shape index (κ2) is 6.82. The molecule has 0 bridgehead atoms. The van der Waals surface area contributed by atoms with Crippen LogP contribution in [-0.2, 0) is 0 Å². The molecule has 1 N–H and O–H groups in total. The van der Waals surface area contributed by atoms with Crippen LogP contribution in [0.2, 0.25) is 5.02 Å². The van der Waals surface area contributed by atoms with E-state index in [0.29, 0.717) is 0 Å². The second-order valence-corrected chi connectivity index (χ2v) is 6.54. The lowest BCUT2D eigenvalue weighted by Gasteiger charge is -2.38. The number of halogens is 6. The van der Waals surface area contributed by atoms with E-state index in [2.05, 4.69) is 5.10 Å². The van der Waals surface area contributed by atoms with Gasteiger partial charge in [-0.15, -0.1) is 0 Å². The first-order chi connectivity index (χ1) is 13.0. The monoisotopic (exact) mass is 418 g/mol. The molecular weight excluding hydrogens is 407 g/mol. The van der Waals surface area contributed by atoms with Crippen molar-refractivity contribution in [3.63, 3.8) is 0 Å². The number of aliphatic hydroxyl groups is 1. The number of rotatable bonds is 3. The zero-order valence-electron chi connectivity index (χ0n) is 13.9.